The number of terminal acetylenes is 1. The molecule has 0 aromatic heterocycles. The van der Waals surface area contributed by atoms with Gasteiger partial charge in [-0.2, -0.15) is 0 Å². The van der Waals surface area contributed by atoms with Crippen molar-refractivity contribution in [3.63, 3.8) is 0 Å². The van der Waals surface area contributed by atoms with Crippen LogP contribution in [-0.4, -0.2) is 0 Å². The van der Waals surface area contributed by atoms with Crippen molar-refractivity contribution < 1.29 is 9.13 Å². The van der Waals surface area contributed by atoms with E-state index in [-0.39, 0.29) is 5.82 Å². The van der Waals surface area contributed by atoms with Crippen LogP contribution >= 0.6 is 0 Å². The molecule has 0 spiro atoms. The lowest BCUT2D eigenvalue weighted by Gasteiger charge is -2.24. The molecule has 0 aliphatic carbocycles. The predicted octanol–water partition coefficient (Wildman–Crippen LogP) is 6.84. The summed E-state index contributed by atoms with van der Waals surface area (Å²) in [4.78, 5) is 0. The summed E-state index contributed by atoms with van der Waals surface area (Å²) in [5.74, 6) is 4.33. The van der Waals surface area contributed by atoms with E-state index >= 15 is 0 Å². The number of rotatable bonds is 7. The number of benzene rings is 3. The Morgan fingerprint density at radius 2 is 1.68 bits per heavy atom. The smallest absolute Gasteiger partial charge is 0.127 e. The number of hydrogen-bond donors (Lipinski definition) is 0. The molecule has 142 valence electrons. The maximum atomic E-state index is 13.2. The second-order valence-electron chi connectivity index (χ2n) is 7.40. The molecule has 0 aliphatic rings. The third-order valence-corrected chi connectivity index (χ3v) is 5.10. The van der Waals surface area contributed by atoms with Crippen LogP contribution in [-0.2, 0) is 11.8 Å². The summed E-state index contributed by atoms with van der Waals surface area (Å²) in [5.41, 5.74) is 3.00. The highest BCUT2D eigenvalue weighted by molar-refractivity contribution is 5.36. The molecular formula is C26H25FO. The topological polar surface area (TPSA) is 9.23 Å². The minimum Gasteiger partial charge on any atom is -0.457 e. The summed E-state index contributed by atoms with van der Waals surface area (Å²) in [6.07, 6.45) is 8.49. The van der Waals surface area contributed by atoms with Gasteiger partial charge in [0.2, 0.25) is 0 Å². The van der Waals surface area contributed by atoms with Crippen LogP contribution in [0.15, 0.2) is 72.8 Å². The van der Waals surface area contributed by atoms with E-state index in [1.165, 1.54) is 23.3 Å². The average molecular weight is 372 g/mol. The molecule has 2 heteroatoms. The first-order valence-corrected chi connectivity index (χ1v) is 9.56. The Bertz CT molecular complexity index is 951. The lowest BCUT2D eigenvalue weighted by atomic mass is 9.78. The largest absolute Gasteiger partial charge is 0.457 e. The molecular weight excluding hydrogens is 347 g/mol. The number of halogens is 1. The van der Waals surface area contributed by atoms with Crippen LogP contribution in [0.1, 0.15) is 36.5 Å². The fourth-order valence-corrected chi connectivity index (χ4v) is 3.27. The van der Waals surface area contributed by atoms with Gasteiger partial charge in [-0.1, -0.05) is 47.9 Å². The molecule has 0 saturated heterocycles. The predicted molar refractivity (Wildman–Crippen MR) is 113 cm³/mol. The molecule has 1 unspecified atom stereocenters. The Hall–Kier alpha value is -3.05. The lowest BCUT2D eigenvalue weighted by molar-refractivity contribution is 0.481. The molecule has 1 atom stereocenters. The number of aryl methyl sites for hydroxylation is 2. The van der Waals surface area contributed by atoms with Gasteiger partial charge >= 0.3 is 0 Å². The first-order valence-electron chi connectivity index (χ1n) is 9.56. The lowest BCUT2D eigenvalue weighted by Crippen LogP contribution is -2.19. The second-order valence-corrected chi connectivity index (χ2v) is 7.40. The average Bonchev–Trinajstić information content (AvgIpc) is 2.70. The Labute approximate surface area is 167 Å². The molecule has 0 heterocycles. The van der Waals surface area contributed by atoms with E-state index in [9.17, 15) is 4.39 Å². The summed E-state index contributed by atoms with van der Waals surface area (Å²) in [6.45, 7) is 4.09. The van der Waals surface area contributed by atoms with Crippen LogP contribution in [0, 0.1) is 25.1 Å². The van der Waals surface area contributed by atoms with Crippen molar-refractivity contribution >= 4 is 0 Å². The molecule has 3 aromatic rings. The molecule has 0 N–H and O–H groups in total. The molecule has 0 bridgehead atoms. The van der Waals surface area contributed by atoms with E-state index < -0.39 is 5.41 Å². The van der Waals surface area contributed by atoms with E-state index in [0.29, 0.717) is 0 Å². The van der Waals surface area contributed by atoms with Gasteiger partial charge in [-0.3, -0.25) is 0 Å². The Morgan fingerprint density at radius 1 is 0.964 bits per heavy atom. The van der Waals surface area contributed by atoms with Gasteiger partial charge in [0.25, 0.3) is 0 Å². The van der Waals surface area contributed by atoms with Crippen LogP contribution in [0.3, 0.4) is 0 Å². The van der Waals surface area contributed by atoms with Crippen molar-refractivity contribution in [3.05, 3.63) is 95.3 Å². The van der Waals surface area contributed by atoms with Crippen molar-refractivity contribution in [2.24, 2.45) is 0 Å². The van der Waals surface area contributed by atoms with E-state index in [0.717, 1.165) is 36.3 Å². The van der Waals surface area contributed by atoms with E-state index in [4.69, 9.17) is 11.2 Å². The highest BCUT2D eigenvalue weighted by atomic mass is 19.1. The highest BCUT2D eigenvalue weighted by Gasteiger charge is 2.23. The molecule has 0 radical (unpaired) electrons. The third-order valence-electron chi connectivity index (χ3n) is 5.10. The molecule has 3 aromatic carbocycles. The van der Waals surface area contributed by atoms with Gasteiger partial charge in [0.05, 0.1) is 5.41 Å². The van der Waals surface area contributed by atoms with Crippen molar-refractivity contribution in [2.45, 2.75) is 38.5 Å². The van der Waals surface area contributed by atoms with Crippen LogP contribution in [0.2, 0.25) is 0 Å². The SMILES string of the molecule is C#CC(C)(CCCc1cccc(Oc2ccc(C)cc2)c1)c1ccc(F)cc1. The standard InChI is InChI=1S/C26H25FO/c1-4-26(3,22-12-14-23(27)15-13-22)18-6-8-21-7-5-9-25(19-21)28-24-16-10-20(2)11-17-24/h1,5,7,9-17,19H,6,8,18H2,2-3H3. The summed E-state index contributed by atoms with van der Waals surface area (Å²) in [7, 11) is 0. The molecule has 0 aliphatic heterocycles. The Kier molecular flexibility index (Phi) is 6.16. The highest BCUT2D eigenvalue weighted by Crippen LogP contribution is 2.30. The van der Waals surface area contributed by atoms with Gasteiger partial charge in [-0.25, -0.2) is 4.39 Å². The van der Waals surface area contributed by atoms with Crippen molar-refractivity contribution in [3.8, 4) is 23.8 Å². The monoisotopic (exact) mass is 372 g/mol. The fourth-order valence-electron chi connectivity index (χ4n) is 3.27. The van der Waals surface area contributed by atoms with Gasteiger partial charge < -0.3 is 4.74 Å². The third kappa shape index (κ3) is 5.02. The zero-order valence-electron chi connectivity index (χ0n) is 16.4. The van der Waals surface area contributed by atoms with Gasteiger partial charge in [0, 0.05) is 0 Å². The van der Waals surface area contributed by atoms with Crippen LogP contribution in [0.25, 0.3) is 0 Å². The van der Waals surface area contributed by atoms with Gasteiger partial charge in [-0.15, -0.1) is 6.42 Å². The van der Waals surface area contributed by atoms with Gasteiger partial charge in [0.1, 0.15) is 17.3 Å². The number of hydrogen-bond acceptors (Lipinski definition) is 1. The molecule has 0 fully saturated rings. The van der Waals surface area contributed by atoms with Crippen LogP contribution < -0.4 is 4.74 Å². The normalized spacial score (nSPS) is 12.8. The molecule has 0 saturated carbocycles. The minimum atomic E-state index is -0.399. The molecule has 3 rings (SSSR count). The van der Waals surface area contributed by atoms with Crippen molar-refractivity contribution in [1.29, 1.82) is 0 Å². The fraction of sp³-hybridized carbons (Fsp3) is 0.231. The maximum Gasteiger partial charge on any atom is 0.127 e. The van der Waals surface area contributed by atoms with E-state index in [1.807, 2.05) is 43.3 Å². The molecule has 1 nitrogen and oxygen atoms in total. The molecule has 28 heavy (non-hydrogen) atoms. The van der Waals surface area contributed by atoms with E-state index in [1.54, 1.807) is 12.1 Å². The number of ether oxygens (including phenoxy) is 1. The maximum absolute atomic E-state index is 13.2. The summed E-state index contributed by atoms with van der Waals surface area (Å²) in [5, 5.41) is 0. The van der Waals surface area contributed by atoms with Crippen LogP contribution in [0.4, 0.5) is 4.39 Å². The Balaban J connectivity index is 1.62. The zero-order chi connectivity index (χ0) is 20.0. The minimum absolute atomic E-state index is 0.242. The second kappa shape index (κ2) is 8.76. The first-order chi connectivity index (χ1) is 13.5. The van der Waals surface area contributed by atoms with Gasteiger partial charge in [0.15, 0.2) is 0 Å². The first kappa shape index (κ1) is 19.7. The Morgan fingerprint density at radius 3 is 2.36 bits per heavy atom. The van der Waals surface area contributed by atoms with Crippen LogP contribution in [0.5, 0.6) is 11.5 Å². The van der Waals surface area contributed by atoms with Gasteiger partial charge in [-0.05, 0) is 80.6 Å². The zero-order valence-corrected chi connectivity index (χ0v) is 16.4. The summed E-state index contributed by atoms with van der Waals surface area (Å²) >= 11 is 0. The van der Waals surface area contributed by atoms with Crippen molar-refractivity contribution in [2.75, 3.05) is 0 Å². The summed E-state index contributed by atoms with van der Waals surface area (Å²) < 4.78 is 19.2. The molecule has 0 amide bonds. The quantitative estimate of drug-likeness (QED) is 0.413. The van der Waals surface area contributed by atoms with E-state index in [2.05, 4.69) is 25.0 Å². The summed E-state index contributed by atoms with van der Waals surface area (Å²) in [6, 6.07) is 22.7. The van der Waals surface area contributed by atoms with Crippen molar-refractivity contribution in [1.82, 2.24) is 0 Å².